The third-order valence-corrected chi connectivity index (χ3v) is 3.96. The van der Waals surface area contributed by atoms with Gasteiger partial charge in [0.05, 0.1) is 5.69 Å². The van der Waals surface area contributed by atoms with Gasteiger partial charge in [-0.3, -0.25) is 0 Å². The Morgan fingerprint density at radius 3 is 2.47 bits per heavy atom. The summed E-state index contributed by atoms with van der Waals surface area (Å²) in [5.74, 6) is 0. The molecule has 0 saturated carbocycles. The van der Waals surface area contributed by atoms with Crippen LogP contribution in [0.25, 0.3) is 0 Å². The van der Waals surface area contributed by atoms with E-state index in [1.165, 1.54) is 4.42 Å². The number of rotatable bonds is 1. The molecule has 19 heavy (non-hydrogen) atoms. The third-order valence-electron chi connectivity index (χ3n) is 3.02. The number of fused-ring (bicyclic) bond motifs is 1. The van der Waals surface area contributed by atoms with Gasteiger partial charge in [0.2, 0.25) is 5.29 Å². The topological polar surface area (TPSA) is 15.6 Å². The third kappa shape index (κ3) is 2.32. The summed E-state index contributed by atoms with van der Waals surface area (Å²) in [6.45, 7) is 0. The molecule has 0 fully saturated rings. The van der Waals surface area contributed by atoms with Crippen molar-refractivity contribution in [1.29, 1.82) is 0 Å². The number of hydrogen-bond donors (Lipinski definition) is 0. The molecule has 0 saturated heterocycles. The molecule has 1 unspecified atom stereocenters. The van der Waals surface area contributed by atoms with Gasteiger partial charge in [0.1, 0.15) is 6.04 Å². The molecule has 5 heteroatoms. The van der Waals surface area contributed by atoms with Gasteiger partial charge in [0, 0.05) is 22.4 Å². The Kier molecular flexibility index (Phi) is 3.40. The number of aliphatic imine (C=N–C) groups is 1. The van der Waals surface area contributed by atoms with Gasteiger partial charge >= 0.3 is 0 Å². The van der Waals surface area contributed by atoms with E-state index in [1.807, 2.05) is 42.5 Å². The Bertz CT molecular complexity index is 640. The SMILES string of the molecule is ClC1=Nc2ccc(Cl)cc2C(c2ccccc2)N1Cl. The van der Waals surface area contributed by atoms with E-state index < -0.39 is 0 Å². The first kappa shape index (κ1) is 12.8. The summed E-state index contributed by atoms with van der Waals surface area (Å²) < 4.78 is 1.43. The van der Waals surface area contributed by atoms with Crippen molar-refractivity contribution in [2.24, 2.45) is 4.99 Å². The lowest BCUT2D eigenvalue weighted by molar-refractivity contribution is 0.552. The van der Waals surface area contributed by atoms with Gasteiger partial charge in [-0.15, -0.1) is 0 Å². The minimum absolute atomic E-state index is 0.193. The van der Waals surface area contributed by atoms with E-state index in [0.29, 0.717) is 5.02 Å². The minimum atomic E-state index is -0.193. The molecule has 2 aromatic carbocycles. The number of benzene rings is 2. The van der Waals surface area contributed by atoms with Gasteiger partial charge in [-0.2, -0.15) is 0 Å². The van der Waals surface area contributed by atoms with Crippen LogP contribution in [-0.2, 0) is 0 Å². The van der Waals surface area contributed by atoms with Crippen LogP contribution < -0.4 is 0 Å². The highest BCUT2D eigenvalue weighted by molar-refractivity contribution is 6.67. The standard InChI is InChI=1S/C14H9Cl3N2/c15-10-6-7-12-11(8-10)13(19(17)14(16)18-12)9-4-2-1-3-5-9/h1-8,13H. The average Bonchev–Trinajstić information content (AvgIpc) is 2.42. The fraction of sp³-hybridized carbons (Fsp3) is 0.0714. The zero-order valence-electron chi connectivity index (χ0n) is 9.72. The number of amidine groups is 1. The van der Waals surface area contributed by atoms with Crippen LogP contribution in [0.2, 0.25) is 5.02 Å². The highest BCUT2D eigenvalue weighted by Crippen LogP contribution is 2.41. The second-order valence-electron chi connectivity index (χ2n) is 4.21. The van der Waals surface area contributed by atoms with Crippen molar-refractivity contribution < 1.29 is 0 Å². The van der Waals surface area contributed by atoms with Crippen LogP contribution in [-0.4, -0.2) is 9.71 Å². The second kappa shape index (κ2) is 5.04. The first-order valence-corrected chi connectivity index (χ1v) is 6.80. The number of nitrogens with zero attached hydrogens (tertiary/aromatic N) is 2. The maximum absolute atomic E-state index is 6.28. The fourth-order valence-corrected chi connectivity index (χ4v) is 2.79. The van der Waals surface area contributed by atoms with Crippen molar-refractivity contribution in [3.05, 3.63) is 64.7 Å². The van der Waals surface area contributed by atoms with E-state index in [0.717, 1.165) is 16.8 Å². The Morgan fingerprint density at radius 2 is 1.74 bits per heavy atom. The molecule has 1 heterocycles. The maximum atomic E-state index is 6.28. The molecule has 1 aliphatic heterocycles. The molecular formula is C14H9Cl3N2. The van der Waals surface area contributed by atoms with Gasteiger partial charge in [0.15, 0.2) is 0 Å². The molecule has 0 bridgehead atoms. The summed E-state index contributed by atoms with van der Waals surface area (Å²) in [6, 6.07) is 15.2. The molecule has 1 atom stereocenters. The quantitative estimate of drug-likeness (QED) is 0.527. The predicted molar refractivity (Wildman–Crippen MR) is 80.4 cm³/mol. The predicted octanol–water partition coefficient (Wildman–Crippen LogP) is 5.13. The van der Waals surface area contributed by atoms with E-state index in [1.54, 1.807) is 6.07 Å². The van der Waals surface area contributed by atoms with Crippen molar-refractivity contribution >= 4 is 46.0 Å². The van der Waals surface area contributed by atoms with Crippen molar-refractivity contribution in [3.63, 3.8) is 0 Å². The lowest BCUT2D eigenvalue weighted by atomic mass is 9.96. The van der Waals surface area contributed by atoms with Crippen LogP contribution in [0.15, 0.2) is 53.5 Å². The summed E-state index contributed by atoms with van der Waals surface area (Å²) in [7, 11) is 0. The molecule has 0 aliphatic carbocycles. The maximum Gasteiger partial charge on any atom is 0.214 e. The zero-order chi connectivity index (χ0) is 13.4. The lowest BCUT2D eigenvalue weighted by Gasteiger charge is -2.30. The molecule has 3 rings (SSSR count). The lowest BCUT2D eigenvalue weighted by Crippen LogP contribution is -2.26. The molecule has 1 aliphatic rings. The minimum Gasteiger partial charge on any atom is -0.247 e. The van der Waals surface area contributed by atoms with Crippen molar-refractivity contribution in [2.45, 2.75) is 6.04 Å². The summed E-state index contributed by atoms with van der Waals surface area (Å²) in [5, 5.41) is 0.906. The molecule has 0 N–H and O–H groups in total. The number of halogens is 3. The molecule has 0 amide bonds. The van der Waals surface area contributed by atoms with Crippen molar-refractivity contribution in [3.8, 4) is 0 Å². The Balaban J connectivity index is 2.19. The summed E-state index contributed by atoms with van der Waals surface area (Å²) in [4.78, 5) is 4.26. The largest absolute Gasteiger partial charge is 0.247 e. The molecule has 2 nitrogen and oxygen atoms in total. The van der Waals surface area contributed by atoms with Crippen molar-refractivity contribution in [2.75, 3.05) is 0 Å². The van der Waals surface area contributed by atoms with E-state index in [2.05, 4.69) is 4.99 Å². The van der Waals surface area contributed by atoms with Crippen LogP contribution in [0.5, 0.6) is 0 Å². The second-order valence-corrected chi connectivity index (χ2v) is 5.35. The smallest absolute Gasteiger partial charge is 0.214 e. The molecule has 0 spiro atoms. The fourth-order valence-electron chi connectivity index (χ4n) is 2.17. The van der Waals surface area contributed by atoms with E-state index in [-0.39, 0.29) is 11.3 Å². The number of hydrogen-bond acceptors (Lipinski definition) is 2. The molecular weight excluding hydrogens is 303 g/mol. The van der Waals surface area contributed by atoms with Gasteiger partial charge in [-0.1, -0.05) is 41.9 Å². The van der Waals surface area contributed by atoms with Gasteiger partial charge in [0.25, 0.3) is 0 Å². The zero-order valence-corrected chi connectivity index (χ0v) is 12.0. The monoisotopic (exact) mass is 310 g/mol. The van der Waals surface area contributed by atoms with Gasteiger partial charge in [-0.25, -0.2) is 9.41 Å². The van der Waals surface area contributed by atoms with E-state index in [4.69, 9.17) is 35.0 Å². The molecule has 0 aromatic heterocycles. The summed E-state index contributed by atoms with van der Waals surface area (Å²) >= 11 is 18.4. The van der Waals surface area contributed by atoms with Gasteiger partial charge in [-0.05, 0) is 35.4 Å². The van der Waals surface area contributed by atoms with Crippen LogP contribution in [0.3, 0.4) is 0 Å². The normalized spacial score (nSPS) is 17.9. The molecule has 0 radical (unpaired) electrons. The highest BCUT2D eigenvalue weighted by Gasteiger charge is 2.29. The van der Waals surface area contributed by atoms with Crippen LogP contribution in [0.4, 0.5) is 5.69 Å². The summed E-state index contributed by atoms with van der Waals surface area (Å²) in [6.07, 6.45) is 0. The highest BCUT2D eigenvalue weighted by atomic mass is 35.5. The Morgan fingerprint density at radius 1 is 1.00 bits per heavy atom. The first-order valence-electron chi connectivity index (χ1n) is 5.70. The van der Waals surface area contributed by atoms with Crippen LogP contribution in [0.1, 0.15) is 17.2 Å². The first-order chi connectivity index (χ1) is 9.16. The van der Waals surface area contributed by atoms with Gasteiger partial charge < -0.3 is 0 Å². The van der Waals surface area contributed by atoms with Crippen molar-refractivity contribution in [1.82, 2.24) is 4.42 Å². The van der Waals surface area contributed by atoms with Crippen LogP contribution in [0, 0.1) is 0 Å². The molecule has 96 valence electrons. The Hall–Kier alpha value is -1.22. The average molecular weight is 312 g/mol. The molecule has 2 aromatic rings. The van der Waals surface area contributed by atoms with E-state index in [9.17, 15) is 0 Å². The summed E-state index contributed by atoms with van der Waals surface area (Å²) in [5.41, 5.74) is 2.77. The Labute approximate surface area is 126 Å². The van der Waals surface area contributed by atoms with Crippen LogP contribution >= 0.6 is 35.0 Å². The van der Waals surface area contributed by atoms with E-state index >= 15 is 0 Å².